The highest BCUT2D eigenvalue weighted by atomic mass is 19.4. The smallest absolute Gasteiger partial charge is 0.471 e. The molecule has 1 saturated carbocycles. The molecule has 1 aliphatic rings. The Morgan fingerprint density at radius 3 is 2.45 bits per heavy atom. The van der Waals surface area contributed by atoms with Gasteiger partial charge in [-0.25, -0.2) is 9.18 Å². The zero-order valence-electron chi connectivity index (χ0n) is 16.5. The van der Waals surface area contributed by atoms with Gasteiger partial charge < -0.3 is 15.0 Å². The second-order valence-electron chi connectivity index (χ2n) is 7.49. The van der Waals surface area contributed by atoms with Crippen molar-refractivity contribution in [2.24, 2.45) is 0 Å². The number of hydrogen-bond donors (Lipinski definition) is 2. The van der Waals surface area contributed by atoms with E-state index in [0.717, 1.165) is 31.0 Å². The van der Waals surface area contributed by atoms with Crippen LogP contribution in [0.3, 0.4) is 0 Å². The summed E-state index contributed by atoms with van der Waals surface area (Å²) < 4.78 is 54.1. The molecule has 0 spiro atoms. The normalized spacial score (nSPS) is 13.5. The molecule has 4 rings (SSSR count). The minimum Gasteiger partial charge on any atom is -0.477 e. The number of pyridine rings is 1. The first kappa shape index (κ1) is 22.0. The fourth-order valence-electron chi connectivity index (χ4n) is 3.50. The van der Waals surface area contributed by atoms with Gasteiger partial charge >= 0.3 is 18.1 Å². The summed E-state index contributed by atoms with van der Waals surface area (Å²) in [6, 6.07) is 7.23. The van der Waals surface area contributed by atoms with Gasteiger partial charge in [0.1, 0.15) is 17.4 Å². The van der Waals surface area contributed by atoms with Gasteiger partial charge in [-0.1, -0.05) is 6.07 Å². The number of aromatic nitrogens is 1. The maximum Gasteiger partial charge on any atom is 0.471 e. The van der Waals surface area contributed by atoms with Crippen LogP contribution in [0.2, 0.25) is 0 Å². The number of benzene rings is 2. The van der Waals surface area contributed by atoms with Crippen LogP contribution < -0.4 is 10.7 Å². The lowest BCUT2D eigenvalue weighted by Crippen LogP contribution is -2.30. The molecule has 0 bridgehead atoms. The summed E-state index contributed by atoms with van der Waals surface area (Å²) in [6.07, 6.45) is -2.45. The SMILES string of the molecule is N#Cc1cc(-c2cc3c(cc2F)c(=O)c(C(=O)O)cn3C2CC2)ccc1NC(=O)C(F)(F)F. The molecule has 7 nitrogen and oxygen atoms in total. The van der Waals surface area contributed by atoms with E-state index in [1.54, 1.807) is 16.0 Å². The van der Waals surface area contributed by atoms with Gasteiger partial charge in [-0.05, 0) is 42.7 Å². The predicted molar refractivity (Wildman–Crippen MR) is 108 cm³/mol. The van der Waals surface area contributed by atoms with E-state index in [0.29, 0.717) is 0 Å². The van der Waals surface area contributed by atoms with E-state index in [-0.39, 0.29) is 33.6 Å². The molecule has 0 atom stereocenters. The van der Waals surface area contributed by atoms with Crippen molar-refractivity contribution in [2.75, 3.05) is 5.32 Å². The van der Waals surface area contributed by atoms with Crippen LogP contribution in [0, 0.1) is 17.1 Å². The number of anilines is 1. The number of rotatable bonds is 4. The number of alkyl halides is 3. The summed E-state index contributed by atoms with van der Waals surface area (Å²) in [4.78, 5) is 35.2. The third kappa shape index (κ3) is 4.03. The lowest BCUT2D eigenvalue weighted by Gasteiger charge is -2.15. The molecule has 1 amide bonds. The highest BCUT2D eigenvalue weighted by molar-refractivity contribution is 5.97. The van der Waals surface area contributed by atoms with E-state index in [2.05, 4.69) is 0 Å². The molecule has 33 heavy (non-hydrogen) atoms. The zero-order chi connectivity index (χ0) is 24.1. The highest BCUT2D eigenvalue weighted by Crippen LogP contribution is 2.38. The zero-order valence-corrected chi connectivity index (χ0v) is 16.5. The molecule has 168 valence electrons. The summed E-state index contributed by atoms with van der Waals surface area (Å²) >= 11 is 0. The van der Waals surface area contributed by atoms with Crippen LogP contribution in [0.5, 0.6) is 0 Å². The molecule has 0 aliphatic heterocycles. The number of carbonyl (C=O) groups is 2. The number of carboxylic acid groups (broad SMARTS) is 1. The molecule has 1 fully saturated rings. The number of aromatic carboxylic acids is 1. The second-order valence-corrected chi connectivity index (χ2v) is 7.49. The second kappa shape index (κ2) is 7.74. The van der Waals surface area contributed by atoms with Crippen LogP contribution in [0.15, 0.2) is 41.3 Å². The Bertz CT molecular complexity index is 1430. The van der Waals surface area contributed by atoms with E-state index in [4.69, 9.17) is 0 Å². The number of carbonyl (C=O) groups excluding carboxylic acids is 1. The van der Waals surface area contributed by atoms with Crippen molar-refractivity contribution < 1.29 is 32.3 Å². The Morgan fingerprint density at radius 2 is 1.88 bits per heavy atom. The van der Waals surface area contributed by atoms with Crippen LogP contribution in [0.25, 0.3) is 22.0 Å². The fraction of sp³-hybridized carbons (Fsp3) is 0.182. The Morgan fingerprint density at radius 1 is 1.18 bits per heavy atom. The topological polar surface area (TPSA) is 112 Å². The molecular weight excluding hydrogens is 446 g/mol. The van der Waals surface area contributed by atoms with Crippen LogP contribution in [-0.2, 0) is 4.79 Å². The molecule has 3 aromatic rings. The van der Waals surface area contributed by atoms with Crippen LogP contribution in [0.1, 0.15) is 34.8 Å². The summed E-state index contributed by atoms with van der Waals surface area (Å²) in [6.45, 7) is 0. The Hall–Kier alpha value is -4.20. The van der Waals surface area contributed by atoms with Gasteiger partial charge in [-0.15, -0.1) is 0 Å². The first-order valence-corrected chi connectivity index (χ1v) is 9.55. The van der Waals surface area contributed by atoms with Gasteiger partial charge in [-0.3, -0.25) is 9.59 Å². The number of nitrogens with one attached hydrogen (secondary N) is 1. The van der Waals surface area contributed by atoms with Gasteiger partial charge in [0.2, 0.25) is 5.43 Å². The van der Waals surface area contributed by atoms with Crippen molar-refractivity contribution >= 4 is 28.5 Å². The minimum absolute atomic E-state index is 0.0513. The van der Waals surface area contributed by atoms with Gasteiger partial charge in [0.25, 0.3) is 0 Å². The third-order valence-corrected chi connectivity index (χ3v) is 5.25. The van der Waals surface area contributed by atoms with E-state index >= 15 is 0 Å². The van der Waals surface area contributed by atoms with Crippen molar-refractivity contribution in [3.05, 3.63) is 63.7 Å². The molecule has 1 aliphatic carbocycles. The van der Waals surface area contributed by atoms with Gasteiger partial charge in [0.05, 0.1) is 16.8 Å². The third-order valence-electron chi connectivity index (χ3n) is 5.25. The number of hydrogen-bond acceptors (Lipinski definition) is 4. The molecular formula is C22H13F4N3O4. The number of fused-ring (bicyclic) bond motifs is 1. The summed E-state index contributed by atoms with van der Waals surface area (Å²) in [5, 5.41) is 20.1. The van der Waals surface area contributed by atoms with Crippen LogP contribution in [0.4, 0.5) is 23.2 Å². The minimum atomic E-state index is -5.16. The molecule has 0 unspecified atom stereocenters. The molecule has 1 aromatic heterocycles. The molecule has 2 N–H and O–H groups in total. The van der Waals surface area contributed by atoms with Crippen LogP contribution >= 0.6 is 0 Å². The Balaban J connectivity index is 1.86. The molecule has 11 heteroatoms. The maximum absolute atomic E-state index is 15.0. The number of nitriles is 1. The monoisotopic (exact) mass is 459 g/mol. The van der Waals surface area contributed by atoms with E-state index < -0.39 is 40.5 Å². The maximum atomic E-state index is 15.0. The van der Waals surface area contributed by atoms with Crippen molar-refractivity contribution in [2.45, 2.75) is 25.1 Å². The van der Waals surface area contributed by atoms with Gasteiger partial charge in [0.15, 0.2) is 0 Å². The van der Waals surface area contributed by atoms with E-state index in [9.17, 15) is 42.3 Å². The number of halogens is 4. The molecule has 0 saturated heterocycles. The van der Waals surface area contributed by atoms with E-state index in [1.165, 1.54) is 18.3 Å². The highest BCUT2D eigenvalue weighted by Gasteiger charge is 2.39. The fourth-order valence-corrected chi connectivity index (χ4v) is 3.50. The standard InChI is InChI=1S/C22H13F4N3O4/c23-16-6-14-18(29(12-2-3-12)9-15(19(14)30)20(31)32)7-13(16)10-1-4-17(11(5-10)8-27)28-21(33)22(24,25)26/h1,4-7,9,12H,2-3H2,(H,28,33)(H,31,32). The van der Waals surface area contributed by atoms with Gasteiger partial charge in [0, 0.05) is 23.2 Å². The average molecular weight is 459 g/mol. The summed E-state index contributed by atoms with van der Waals surface area (Å²) in [5.74, 6) is -4.58. The first-order valence-electron chi connectivity index (χ1n) is 9.55. The molecule has 0 radical (unpaired) electrons. The predicted octanol–water partition coefficient (Wildman–Crippen LogP) is 4.21. The summed E-state index contributed by atoms with van der Waals surface area (Å²) in [5.41, 5.74) is -1.70. The van der Waals surface area contributed by atoms with E-state index in [1.807, 2.05) is 0 Å². The lowest BCUT2D eigenvalue weighted by molar-refractivity contribution is -0.167. The number of amides is 1. The van der Waals surface area contributed by atoms with Crippen molar-refractivity contribution in [1.29, 1.82) is 5.26 Å². The largest absolute Gasteiger partial charge is 0.477 e. The van der Waals surface area contributed by atoms with Crippen LogP contribution in [-0.4, -0.2) is 27.7 Å². The van der Waals surface area contributed by atoms with Crippen molar-refractivity contribution in [1.82, 2.24) is 4.57 Å². The lowest BCUT2D eigenvalue weighted by atomic mass is 9.99. The number of carboxylic acids is 1. The van der Waals surface area contributed by atoms with Crippen molar-refractivity contribution in [3.63, 3.8) is 0 Å². The average Bonchev–Trinajstić information content (AvgIpc) is 3.58. The Labute approximate surface area is 182 Å². The quantitative estimate of drug-likeness (QED) is 0.568. The Kier molecular flexibility index (Phi) is 5.16. The van der Waals surface area contributed by atoms with Crippen molar-refractivity contribution in [3.8, 4) is 17.2 Å². The molecule has 2 aromatic carbocycles. The molecule has 1 heterocycles. The van der Waals surface area contributed by atoms with Gasteiger partial charge in [-0.2, -0.15) is 18.4 Å². The first-order chi connectivity index (χ1) is 15.5. The number of nitrogens with zero attached hydrogens (tertiary/aromatic N) is 2. The summed E-state index contributed by atoms with van der Waals surface area (Å²) in [7, 11) is 0.